The Bertz CT molecular complexity index is 552. The van der Waals surface area contributed by atoms with Crippen LogP contribution in [0.2, 0.25) is 0 Å². The summed E-state index contributed by atoms with van der Waals surface area (Å²) in [6.45, 7) is 3.80. The summed E-state index contributed by atoms with van der Waals surface area (Å²) in [6, 6.07) is 8.55. The highest BCUT2D eigenvalue weighted by Crippen LogP contribution is 2.34. The molecule has 0 saturated carbocycles. The summed E-state index contributed by atoms with van der Waals surface area (Å²) in [6.07, 6.45) is 2.08. The van der Waals surface area contributed by atoms with Crippen LogP contribution in [0.15, 0.2) is 33.6 Å². The Labute approximate surface area is 123 Å². The normalized spacial score (nSPS) is 12.1. The number of nitriles is 1. The van der Waals surface area contributed by atoms with Crippen LogP contribution in [0.25, 0.3) is 0 Å². The van der Waals surface area contributed by atoms with Crippen molar-refractivity contribution >= 4 is 25.8 Å². The number of hydrogen-bond acceptors (Lipinski definition) is 3. The van der Waals surface area contributed by atoms with E-state index in [9.17, 15) is 13.7 Å². The Kier molecular flexibility index (Phi) is 5.57. The van der Waals surface area contributed by atoms with E-state index in [1.807, 2.05) is 13.8 Å². The van der Waals surface area contributed by atoms with Crippen molar-refractivity contribution in [2.45, 2.75) is 49.2 Å². The van der Waals surface area contributed by atoms with Crippen molar-refractivity contribution in [2.24, 2.45) is 0 Å². The molecule has 3 nitrogen and oxygen atoms in total. The van der Waals surface area contributed by atoms with E-state index in [4.69, 9.17) is 0 Å². The smallest absolute Gasteiger partial charge is 0.197 e. The van der Waals surface area contributed by atoms with Gasteiger partial charge in [0.2, 0.25) is 0 Å². The van der Waals surface area contributed by atoms with Crippen molar-refractivity contribution in [2.75, 3.05) is 0 Å². The van der Waals surface area contributed by atoms with E-state index >= 15 is 0 Å². The highest BCUT2D eigenvalue weighted by atomic mass is 79.9. The fourth-order valence-corrected chi connectivity index (χ4v) is 4.49. The monoisotopic (exact) mass is 343 g/mol. The molecular formula is C14H18BrNO2S. The molecule has 0 N–H and O–H groups in total. The minimum absolute atomic E-state index is 0.221. The lowest BCUT2D eigenvalue weighted by molar-refractivity contribution is 0.509. The Balaban J connectivity index is 3.35. The number of sulfone groups is 1. The maximum absolute atomic E-state index is 12.7. The first-order valence-corrected chi connectivity index (χ1v) is 8.62. The molecule has 0 amide bonds. The minimum atomic E-state index is -3.64. The van der Waals surface area contributed by atoms with Gasteiger partial charge in [0, 0.05) is 4.47 Å². The fourth-order valence-electron chi connectivity index (χ4n) is 2.21. The summed E-state index contributed by atoms with van der Waals surface area (Å²) < 4.78 is 25.0. The topological polar surface area (TPSA) is 57.9 Å². The van der Waals surface area contributed by atoms with Crippen molar-refractivity contribution in [3.8, 4) is 6.07 Å². The van der Waals surface area contributed by atoms with E-state index in [2.05, 4.69) is 22.0 Å². The summed E-state index contributed by atoms with van der Waals surface area (Å²) in [4.78, 5) is 0.221. The van der Waals surface area contributed by atoms with Crippen LogP contribution in [-0.4, -0.2) is 13.2 Å². The van der Waals surface area contributed by atoms with E-state index in [1.165, 1.54) is 0 Å². The SMILES string of the molecule is CCCC(C#N)(CCC)S(=O)(=O)c1ccc(Br)cc1. The zero-order valence-electron chi connectivity index (χ0n) is 11.2. The first kappa shape index (κ1) is 16.2. The molecular weight excluding hydrogens is 326 g/mol. The average Bonchev–Trinajstić information content (AvgIpc) is 2.38. The minimum Gasteiger partial charge on any atom is -0.222 e. The van der Waals surface area contributed by atoms with E-state index < -0.39 is 14.6 Å². The van der Waals surface area contributed by atoms with Crippen molar-refractivity contribution < 1.29 is 8.42 Å². The van der Waals surface area contributed by atoms with Crippen molar-refractivity contribution in [3.05, 3.63) is 28.7 Å². The third-order valence-corrected chi connectivity index (χ3v) is 6.10. The number of nitrogens with zero attached hydrogens (tertiary/aromatic N) is 1. The maximum atomic E-state index is 12.7. The Hall–Kier alpha value is -0.860. The van der Waals surface area contributed by atoms with Gasteiger partial charge < -0.3 is 0 Å². The fraction of sp³-hybridized carbons (Fsp3) is 0.500. The van der Waals surface area contributed by atoms with Gasteiger partial charge in [-0.25, -0.2) is 8.42 Å². The molecule has 0 atom stereocenters. The van der Waals surface area contributed by atoms with Crippen LogP contribution in [0.4, 0.5) is 0 Å². The van der Waals surface area contributed by atoms with Crippen molar-refractivity contribution in [1.29, 1.82) is 5.26 Å². The van der Waals surface area contributed by atoms with E-state index in [-0.39, 0.29) is 4.90 Å². The molecule has 19 heavy (non-hydrogen) atoms. The van der Waals surface area contributed by atoms with Gasteiger partial charge in [0.05, 0.1) is 11.0 Å². The molecule has 0 radical (unpaired) electrons. The second kappa shape index (κ2) is 6.53. The Morgan fingerprint density at radius 2 is 1.63 bits per heavy atom. The molecule has 0 unspecified atom stereocenters. The number of rotatable bonds is 6. The number of halogens is 1. The zero-order valence-corrected chi connectivity index (χ0v) is 13.6. The lowest BCUT2D eigenvalue weighted by atomic mass is 9.99. The average molecular weight is 344 g/mol. The highest BCUT2D eigenvalue weighted by molar-refractivity contribution is 9.10. The molecule has 0 heterocycles. The van der Waals surface area contributed by atoms with Gasteiger partial charge in [-0.05, 0) is 37.1 Å². The van der Waals surface area contributed by atoms with Crippen LogP contribution in [-0.2, 0) is 9.84 Å². The summed E-state index contributed by atoms with van der Waals surface area (Å²) in [7, 11) is -3.64. The van der Waals surface area contributed by atoms with Crippen LogP contribution < -0.4 is 0 Å². The van der Waals surface area contributed by atoms with Crippen LogP contribution >= 0.6 is 15.9 Å². The standard InChI is InChI=1S/C14H18BrNO2S/c1-3-9-14(11-16,10-4-2)19(17,18)13-7-5-12(15)6-8-13/h5-8H,3-4,9-10H2,1-2H3. The predicted octanol–water partition coefficient (Wildman–Crippen LogP) is 4.09. The molecule has 1 aromatic rings. The quantitative estimate of drug-likeness (QED) is 0.781. The number of hydrogen-bond donors (Lipinski definition) is 0. The van der Waals surface area contributed by atoms with Gasteiger partial charge in [0.15, 0.2) is 14.6 Å². The van der Waals surface area contributed by atoms with Crippen LogP contribution in [0, 0.1) is 11.3 Å². The molecule has 0 aliphatic rings. The van der Waals surface area contributed by atoms with Gasteiger partial charge in [-0.15, -0.1) is 0 Å². The molecule has 0 aliphatic carbocycles. The molecule has 104 valence electrons. The van der Waals surface area contributed by atoms with Gasteiger partial charge in [-0.1, -0.05) is 42.6 Å². The lowest BCUT2D eigenvalue weighted by Gasteiger charge is -2.25. The van der Waals surface area contributed by atoms with E-state index in [1.54, 1.807) is 24.3 Å². The Morgan fingerprint density at radius 3 is 2.00 bits per heavy atom. The van der Waals surface area contributed by atoms with E-state index in [0.29, 0.717) is 25.7 Å². The van der Waals surface area contributed by atoms with Crippen LogP contribution in [0.3, 0.4) is 0 Å². The summed E-state index contributed by atoms with van der Waals surface area (Å²) in [5.74, 6) is 0. The molecule has 1 aromatic carbocycles. The van der Waals surface area contributed by atoms with Gasteiger partial charge in [0.1, 0.15) is 0 Å². The van der Waals surface area contributed by atoms with Gasteiger partial charge in [0.25, 0.3) is 0 Å². The lowest BCUT2D eigenvalue weighted by Crippen LogP contribution is -2.37. The molecule has 5 heteroatoms. The van der Waals surface area contributed by atoms with Crippen molar-refractivity contribution in [1.82, 2.24) is 0 Å². The molecule has 0 saturated heterocycles. The number of benzene rings is 1. The second-order valence-corrected chi connectivity index (χ2v) is 7.74. The second-order valence-electron chi connectivity index (χ2n) is 4.56. The van der Waals surface area contributed by atoms with E-state index in [0.717, 1.165) is 4.47 Å². The summed E-state index contributed by atoms with van der Waals surface area (Å²) in [5.41, 5.74) is 0. The highest BCUT2D eigenvalue weighted by Gasteiger charge is 2.43. The summed E-state index contributed by atoms with van der Waals surface area (Å²) >= 11 is 3.28. The van der Waals surface area contributed by atoms with Crippen LogP contribution in [0.1, 0.15) is 39.5 Å². The first-order chi connectivity index (χ1) is 8.93. The molecule has 0 aliphatic heterocycles. The molecule has 0 aromatic heterocycles. The molecule has 0 bridgehead atoms. The first-order valence-electron chi connectivity index (χ1n) is 6.35. The molecule has 1 rings (SSSR count). The van der Waals surface area contributed by atoms with Crippen LogP contribution in [0.5, 0.6) is 0 Å². The third-order valence-electron chi connectivity index (χ3n) is 3.15. The molecule has 0 spiro atoms. The maximum Gasteiger partial charge on any atom is 0.197 e. The van der Waals surface area contributed by atoms with Gasteiger partial charge in [-0.3, -0.25) is 0 Å². The van der Waals surface area contributed by atoms with Crippen molar-refractivity contribution in [3.63, 3.8) is 0 Å². The zero-order chi connectivity index (χ0) is 14.5. The Morgan fingerprint density at radius 1 is 1.16 bits per heavy atom. The third kappa shape index (κ3) is 3.18. The van der Waals surface area contributed by atoms with Gasteiger partial charge >= 0.3 is 0 Å². The summed E-state index contributed by atoms with van der Waals surface area (Å²) in [5, 5.41) is 9.45. The largest absolute Gasteiger partial charge is 0.222 e. The predicted molar refractivity (Wildman–Crippen MR) is 79.5 cm³/mol. The molecule has 0 fully saturated rings. The van der Waals surface area contributed by atoms with Gasteiger partial charge in [-0.2, -0.15) is 5.26 Å².